The van der Waals surface area contributed by atoms with E-state index in [2.05, 4.69) is 4.98 Å². The molecule has 1 aliphatic rings. The molecule has 26 heavy (non-hydrogen) atoms. The molecule has 0 saturated carbocycles. The van der Waals surface area contributed by atoms with Crippen molar-refractivity contribution in [2.75, 3.05) is 25.0 Å². The van der Waals surface area contributed by atoms with Crippen molar-refractivity contribution in [2.24, 2.45) is 11.3 Å². The highest BCUT2D eigenvalue weighted by Gasteiger charge is 2.34. The molecule has 1 fully saturated rings. The Morgan fingerprint density at radius 2 is 1.96 bits per heavy atom. The number of benzene rings is 1. The molecule has 1 aromatic carbocycles. The highest BCUT2D eigenvalue weighted by Crippen LogP contribution is 2.29. The average molecular weight is 353 g/mol. The van der Waals surface area contributed by atoms with E-state index in [0.29, 0.717) is 6.54 Å². The number of hydrogen-bond donors (Lipinski definition) is 0. The highest BCUT2D eigenvalue weighted by molar-refractivity contribution is 6.03. The normalized spacial score (nSPS) is 18.0. The Hall–Kier alpha value is -2.43. The second-order valence-electron chi connectivity index (χ2n) is 8.08. The van der Waals surface area contributed by atoms with Crippen molar-refractivity contribution in [3.05, 3.63) is 36.5 Å². The molecule has 2 aromatic rings. The maximum absolute atomic E-state index is 13.1. The van der Waals surface area contributed by atoms with Gasteiger partial charge >= 0.3 is 0 Å². The summed E-state index contributed by atoms with van der Waals surface area (Å²) in [5.41, 5.74) is 1.32. The van der Waals surface area contributed by atoms with Crippen molar-refractivity contribution in [2.45, 2.75) is 33.6 Å². The number of carbonyl (C=O) groups is 2. The second-order valence-corrected chi connectivity index (χ2v) is 8.08. The van der Waals surface area contributed by atoms with Gasteiger partial charge in [0.15, 0.2) is 0 Å². The fraction of sp³-hybridized carbons (Fsp3) is 0.476. The fourth-order valence-electron chi connectivity index (χ4n) is 3.61. The summed E-state index contributed by atoms with van der Waals surface area (Å²) in [6, 6.07) is 9.68. The van der Waals surface area contributed by atoms with Crippen LogP contribution in [0.1, 0.15) is 33.6 Å². The van der Waals surface area contributed by atoms with Gasteiger partial charge in [0.1, 0.15) is 0 Å². The first kappa shape index (κ1) is 18.4. The zero-order chi connectivity index (χ0) is 18.9. The molecule has 2 heterocycles. The van der Waals surface area contributed by atoms with Gasteiger partial charge in [0.2, 0.25) is 11.8 Å². The zero-order valence-corrected chi connectivity index (χ0v) is 16.0. The van der Waals surface area contributed by atoms with Gasteiger partial charge in [0.25, 0.3) is 0 Å². The number of aromatic nitrogens is 1. The lowest BCUT2D eigenvalue weighted by Gasteiger charge is -2.37. The van der Waals surface area contributed by atoms with Crippen LogP contribution in [-0.2, 0) is 9.59 Å². The van der Waals surface area contributed by atoms with Crippen LogP contribution in [0.4, 0.5) is 5.69 Å². The maximum atomic E-state index is 13.1. The number of amides is 2. The minimum absolute atomic E-state index is 0.0627. The van der Waals surface area contributed by atoms with E-state index in [1.165, 1.54) is 0 Å². The Kier molecular flexibility index (Phi) is 4.99. The Morgan fingerprint density at radius 1 is 1.19 bits per heavy atom. The molecule has 0 bridgehead atoms. The fourth-order valence-corrected chi connectivity index (χ4v) is 3.61. The highest BCUT2D eigenvalue weighted by atomic mass is 16.2. The number of pyridine rings is 1. The van der Waals surface area contributed by atoms with Crippen molar-refractivity contribution in [3.8, 4) is 0 Å². The van der Waals surface area contributed by atoms with Crippen LogP contribution in [0.15, 0.2) is 36.5 Å². The molecule has 0 N–H and O–H groups in total. The van der Waals surface area contributed by atoms with E-state index < -0.39 is 5.41 Å². The van der Waals surface area contributed by atoms with Crippen molar-refractivity contribution in [1.29, 1.82) is 0 Å². The van der Waals surface area contributed by atoms with E-state index in [9.17, 15) is 9.59 Å². The van der Waals surface area contributed by atoms with Gasteiger partial charge in [-0.2, -0.15) is 0 Å². The van der Waals surface area contributed by atoms with Crippen LogP contribution in [0.2, 0.25) is 0 Å². The Balaban J connectivity index is 1.81. The number of likely N-dealkylation sites (tertiary alicyclic amines) is 1. The summed E-state index contributed by atoms with van der Waals surface area (Å²) in [4.78, 5) is 33.7. The molecule has 1 unspecified atom stereocenters. The Labute approximate surface area is 155 Å². The van der Waals surface area contributed by atoms with Crippen LogP contribution in [0, 0.1) is 11.3 Å². The van der Waals surface area contributed by atoms with Gasteiger partial charge in [0.05, 0.1) is 17.1 Å². The lowest BCUT2D eigenvalue weighted by Crippen LogP contribution is -2.49. The largest absolute Gasteiger partial charge is 0.341 e. The van der Waals surface area contributed by atoms with Gasteiger partial charge in [-0.1, -0.05) is 26.8 Å². The standard InChI is InChI=1S/C21H27N3O2/c1-21(2,3)20(26)24-13-7-8-15(14-24)19(25)23(4)18-11-5-10-17-16(18)9-6-12-22-17/h5-6,9-12,15H,7-8,13-14H2,1-4H3. The average Bonchev–Trinajstić information content (AvgIpc) is 2.65. The monoisotopic (exact) mass is 353 g/mol. The van der Waals surface area contributed by atoms with E-state index in [4.69, 9.17) is 0 Å². The lowest BCUT2D eigenvalue weighted by atomic mass is 9.90. The molecule has 5 nitrogen and oxygen atoms in total. The van der Waals surface area contributed by atoms with Gasteiger partial charge in [-0.15, -0.1) is 0 Å². The molecule has 1 atom stereocenters. The summed E-state index contributed by atoms with van der Waals surface area (Å²) < 4.78 is 0. The predicted molar refractivity (Wildman–Crippen MR) is 104 cm³/mol. The van der Waals surface area contributed by atoms with E-state index in [1.807, 2.05) is 63.1 Å². The van der Waals surface area contributed by atoms with Gasteiger partial charge in [-0.3, -0.25) is 14.6 Å². The Bertz CT molecular complexity index is 820. The minimum atomic E-state index is -0.419. The SMILES string of the molecule is CN(C(=O)C1CCCN(C(=O)C(C)(C)C)C1)c1cccc2ncccc12. The first-order chi connectivity index (χ1) is 12.3. The van der Waals surface area contributed by atoms with Crippen LogP contribution in [-0.4, -0.2) is 41.8 Å². The molecule has 1 aromatic heterocycles. The third kappa shape index (κ3) is 3.57. The summed E-state index contributed by atoms with van der Waals surface area (Å²) in [5.74, 6) is 0.0201. The minimum Gasteiger partial charge on any atom is -0.341 e. The quantitative estimate of drug-likeness (QED) is 0.830. The predicted octanol–water partition coefficient (Wildman–Crippen LogP) is 3.48. The third-order valence-corrected chi connectivity index (χ3v) is 5.01. The molecule has 138 valence electrons. The molecule has 1 aliphatic heterocycles. The number of rotatable bonds is 2. The van der Waals surface area contributed by atoms with Gasteiger partial charge in [-0.25, -0.2) is 0 Å². The number of fused-ring (bicyclic) bond motifs is 1. The van der Waals surface area contributed by atoms with Crippen molar-refractivity contribution < 1.29 is 9.59 Å². The topological polar surface area (TPSA) is 53.5 Å². The molecule has 5 heteroatoms. The number of piperidine rings is 1. The number of nitrogens with zero attached hydrogens (tertiary/aromatic N) is 3. The van der Waals surface area contributed by atoms with Gasteiger partial charge < -0.3 is 9.80 Å². The van der Waals surface area contributed by atoms with Crippen molar-refractivity contribution in [1.82, 2.24) is 9.88 Å². The number of hydrogen-bond acceptors (Lipinski definition) is 3. The molecule has 2 amide bonds. The van der Waals surface area contributed by atoms with Gasteiger partial charge in [0, 0.05) is 37.1 Å². The summed E-state index contributed by atoms with van der Waals surface area (Å²) in [6.07, 6.45) is 3.44. The summed E-state index contributed by atoms with van der Waals surface area (Å²) in [7, 11) is 1.81. The molecule has 0 aliphatic carbocycles. The zero-order valence-electron chi connectivity index (χ0n) is 16.0. The van der Waals surface area contributed by atoms with Gasteiger partial charge in [-0.05, 0) is 37.1 Å². The Morgan fingerprint density at radius 3 is 2.69 bits per heavy atom. The summed E-state index contributed by atoms with van der Waals surface area (Å²) in [6.45, 7) is 7.02. The molecular weight excluding hydrogens is 326 g/mol. The summed E-state index contributed by atoms with van der Waals surface area (Å²) >= 11 is 0. The van der Waals surface area contributed by atoms with E-state index in [0.717, 1.165) is 36.0 Å². The van der Waals surface area contributed by atoms with E-state index in [-0.39, 0.29) is 17.7 Å². The molecule has 0 spiro atoms. The second kappa shape index (κ2) is 7.06. The smallest absolute Gasteiger partial charge is 0.231 e. The number of anilines is 1. The summed E-state index contributed by atoms with van der Waals surface area (Å²) in [5, 5.41) is 0.962. The van der Waals surface area contributed by atoms with E-state index in [1.54, 1.807) is 11.1 Å². The van der Waals surface area contributed by atoms with Crippen molar-refractivity contribution >= 4 is 28.4 Å². The first-order valence-electron chi connectivity index (χ1n) is 9.20. The third-order valence-electron chi connectivity index (χ3n) is 5.01. The molecule has 1 saturated heterocycles. The van der Waals surface area contributed by atoms with Crippen LogP contribution in [0.25, 0.3) is 10.9 Å². The molecule has 3 rings (SSSR count). The molecular formula is C21H27N3O2. The van der Waals surface area contributed by atoms with Crippen LogP contribution in [0.5, 0.6) is 0 Å². The maximum Gasteiger partial charge on any atom is 0.231 e. The van der Waals surface area contributed by atoms with Crippen molar-refractivity contribution in [3.63, 3.8) is 0 Å². The van der Waals surface area contributed by atoms with E-state index >= 15 is 0 Å². The number of carbonyl (C=O) groups excluding carboxylic acids is 2. The van der Waals surface area contributed by atoms with Crippen LogP contribution < -0.4 is 4.90 Å². The first-order valence-corrected chi connectivity index (χ1v) is 9.20. The van der Waals surface area contributed by atoms with Crippen LogP contribution in [0.3, 0.4) is 0 Å². The van der Waals surface area contributed by atoms with Crippen LogP contribution >= 0.6 is 0 Å². The lowest BCUT2D eigenvalue weighted by molar-refractivity contribution is -0.142. The molecule has 0 radical (unpaired) electrons.